The summed E-state index contributed by atoms with van der Waals surface area (Å²) in [6, 6.07) is 5.82. The van der Waals surface area contributed by atoms with Gasteiger partial charge < -0.3 is 14.5 Å². The average Bonchev–Trinajstić information content (AvgIpc) is 2.74. The summed E-state index contributed by atoms with van der Waals surface area (Å²) in [7, 11) is 0. The quantitative estimate of drug-likeness (QED) is 0.855. The highest BCUT2D eigenvalue weighted by atomic mass is 16.5. The maximum atomic E-state index is 12.3. The van der Waals surface area contributed by atoms with Crippen molar-refractivity contribution in [2.75, 3.05) is 32.8 Å². The lowest BCUT2D eigenvalue weighted by atomic mass is 10.1. The lowest BCUT2D eigenvalue weighted by Gasteiger charge is -2.21. The number of amides is 2. The molecule has 1 fully saturated rings. The SMILES string of the molecule is CC(=O)N1CCCN(C(=O)COc2ccc(C)c(C)c2)CC1. The van der Waals surface area contributed by atoms with Gasteiger partial charge in [0.2, 0.25) is 5.91 Å². The van der Waals surface area contributed by atoms with Crippen LogP contribution >= 0.6 is 0 Å². The number of hydrogen-bond acceptors (Lipinski definition) is 3. The highest BCUT2D eigenvalue weighted by Gasteiger charge is 2.20. The van der Waals surface area contributed by atoms with Crippen molar-refractivity contribution < 1.29 is 14.3 Å². The smallest absolute Gasteiger partial charge is 0.260 e. The lowest BCUT2D eigenvalue weighted by molar-refractivity contribution is -0.134. The normalized spacial score (nSPS) is 15.4. The van der Waals surface area contributed by atoms with Crippen LogP contribution in [0, 0.1) is 13.8 Å². The first-order valence-electron chi connectivity index (χ1n) is 7.70. The van der Waals surface area contributed by atoms with Crippen LogP contribution in [0.25, 0.3) is 0 Å². The summed E-state index contributed by atoms with van der Waals surface area (Å²) in [6.07, 6.45) is 0.814. The third kappa shape index (κ3) is 4.23. The van der Waals surface area contributed by atoms with Gasteiger partial charge in [-0.1, -0.05) is 6.07 Å². The highest BCUT2D eigenvalue weighted by Crippen LogP contribution is 2.16. The topological polar surface area (TPSA) is 49.9 Å². The molecule has 0 unspecified atom stereocenters. The fourth-order valence-corrected chi connectivity index (χ4v) is 2.52. The number of carbonyl (C=O) groups excluding carboxylic acids is 2. The van der Waals surface area contributed by atoms with Crippen molar-refractivity contribution in [2.45, 2.75) is 27.2 Å². The minimum atomic E-state index is -0.0244. The largest absolute Gasteiger partial charge is 0.484 e. The van der Waals surface area contributed by atoms with Crippen LogP contribution < -0.4 is 4.74 Å². The molecule has 0 bridgehead atoms. The molecular weight excluding hydrogens is 280 g/mol. The van der Waals surface area contributed by atoms with Crippen LogP contribution in [0.4, 0.5) is 0 Å². The Morgan fingerprint density at radius 1 is 1.05 bits per heavy atom. The first-order valence-corrected chi connectivity index (χ1v) is 7.70. The molecule has 1 aliphatic rings. The second kappa shape index (κ2) is 7.29. The molecule has 0 spiro atoms. The Labute approximate surface area is 131 Å². The third-order valence-corrected chi connectivity index (χ3v) is 4.13. The van der Waals surface area contributed by atoms with Crippen LogP contribution in [0.5, 0.6) is 5.75 Å². The summed E-state index contributed by atoms with van der Waals surface area (Å²) in [5, 5.41) is 0. The van der Waals surface area contributed by atoms with Gasteiger partial charge in [0.05, 0.1) is 0 Å². The Hall–Kier alpha value is -2.04. The minimum absolute atomic E-state index is 0.0244. The van der Waals surface area contributed by atoms with E-state index < -0.39 is 0 Å². The van der Waals surface area contributed by atoms with Crippen molar-refractivity contribution >= 4 is 11.8 Å². The van der Waals surface area contributed by atoms with Gasteiger partial charge in [-0.25, -0.2) is 0 Å². The van der Waals surface area contributed by atoms with Crippen molar-refractivity contribution in [2.24, 2.45) is 0 Å². The molecule has 0 aromatic heterocycles. The predicted molar refractivity (Wildman–Crippen MR) is 84.9 cm³/mol. The molecule has 1 aromatic rings. The molecule has 1 aromatic carbocycles. The molecule has 2 amide bonds. The molecule has 5 nitrogen and oxygen atoms in total. The Morgan fingerprint density at radius 3 is 2.41 bits per heavy atom. The predicted octanol–water partition coefficient (Wildman–Crippen LogP) is 1.76. The van der Waals surface area contributed by atoms with Crippen molar-refractivity contribution in [1.82, 2.24) is 9.80 Å². The lowest BCUT2D eigenvalue weighted by Crippen LogP contribution is -2.38. The summed E-state index contributed by atoms with van der Waals surface area (Å²) in [4.78, 5) is 27.2. The molecule has 1 heterocycles. The van der Waals surface area contributed by atoms with Gasteiger partial charge in [-0.2, -0.15) is 0 Å². The molecule has 0 aliphatic carbocycles. The molecule has 0 N–H and O–H groups in total. The number of benzene rings is 1. The summed E-state index contributed by atoms with van der Waals surface area (Å²) < 4.78 is 5.60. The molecule has 0 saturated carbocycles. The summed E-state index contributed by atoms with van der Waals surface area (Å²) in [5.41, 5.74) is 2.35. The number of carbonyl (C=O) groups is 2. The van der Waals surface area contributed by atoms with E-state index in [4.69, 9.17) is 4.74 Å². The average molecular weight is 304 g/mol. The fourth-order valence-electron chi connectivity index (χ4n) is 2.52. The van der Waals surface area contributed by atoms with E-state index in [9.17, 15) is 9.59 Å². The van der Waals surface area contributed by atoms with Crippen molar-refractivity contribution in [3.63, 3.8) is 0 Å². The second-order valence-electron chi connectivity index (χ2n) is 5.78. The van der Waals surface area contributed by atoms with E-state index in [0.717, 1.165) is 24.3 Å². The maximum Gasteiger partial charge on any atom is 0.260 e. The Kier molecular flexibility index (Phi) is 5.41. The third-order valence-electron chi connectivity index (χ3n) is 4.13. The van der Waals surface area contributed by atoms with E-state index in [0.29, 0.717) is 19.6 Å². The number of hydrogen-bond donors (Lipinski definition) is 0. The first-order chi connectivity index (χ1) is 10.5. The van der Waals surface area contributed by atoms with E-state index >= 15 is 0 Å². The van der Waals surface area contributed by atoms with Gasteiger partial charge in [0.15, 0.2) is 6.61 Å². The summed E-state index contributed by atoms with van der Waals surface area (Å²) in [6.45, 7) is 8.26. The van der Waals surface area contributed by atoms with Gasteiger partial charge in [0, 0.05) is 33.1 Å². The van der Waals surface area contributed by atoms with Crippen LogP contribution in [0.1, 0.15) is 24.5 Å². The number of nitrogens with zero attached hydrogens (tertiary/aromatic N) is 2. The van der Waals surface area contributed by atoms with E-state index in [-0.39, 0.29) is 18.4 Å². The zero-order valence-corrected chi connectivity index (χ0v) is 13.6. The van der Waals surface area contributed by atoms with Crippen LogP contribution in [0.3, 0.4) is 0 Å². The van der Waals surface area contributed by atoms with Gasteiger partial charge >= 0.3 is 0 Å². The molecule has 1 aliphatic heterocycles. The van der Waals surface area contributed by atoms with Crippen molar-refractivity contribution in [3.05, 3.63) is 29.3 Å². The Bertz CT molecular complexity index is 557. The van der Waals surface area contributed by atoms with Gasteiger partial charge in [-0.05, 0) is 43.5 Å². The first kappa shape index (κ1) is 16.3. The Morgan fingerprint density at radius 2 is 1.73 bits per heavy atom. The van der Waals surface area contributed by atoms with Crippen LogP contribution in [0.2, 0.25) is 0 Å². The zero-order valence-electron chi connectivity index (χ0n) is 13.6. The van der Waals surface area contributed by atoms with E-state index in [2.05, 4.69) is 0 Å². The van der Waals surface area contributed by atoms with Crippen molar-refractivity contribution in [3.8, 4) is 5.75 Å². The molecule has 0 atom stereocenters. The zero-order chi connectivity index (χ0) is 16.1. The molecule has 2 rings (SSSR count). The van der Waals surface area contributed by atoms with Crippen LogP contribution in [-0.2, 0) is 9.59 Å². The molecule has 22 heavy (non-hydrogen) atoms. The highest BCUT2D eigenvalue weighted by molar-refractivity contribution is 5.78. The Balaban J connectivity index is 1.86. The standard InChI is InChI=1S/C17H24N2O3/c1-13-5-6-16(11-14(13)2)22-12-17(21)19-8-4-7-18(9-10-19)15(3)20/h5-6,11H,4,7-10,12H2,1-3H3. The second-order valence-corrected chi connectivity index (χ2v) is 5.78. The molecule has 0 radical (unpaired) electrons. The minimum Gasteiger partial charge on any atom is -0.484 e. The van der Waals surface area contributed by atoms with Crippen molar-refractivity contribution in [1.29, 1.82) is 0 Å². The fraction of sp³-hybridized carbons (Fsp3) is 0.529. The molecule has 1 saturated heterocycles. The van der Waals surface area contributed by atoms with Gasteiger partial charge in [-0.15, -0.1) is 0 Å². The van der Waals surface area contributed by atoms with Gasteiger partial charge in [-0.3, -0.25) is 9.59 Å². The van der Waals surface area contributed by atoms with E-state index in [1.54, 1.807) is 16.7 Å². The number of aryl methyl sites for hydroxylation is 2. The molecule has 120 valence electrons. The van der Waals surface area contributed by atoms with Gasteiger partial charge in [0.25, 0.3) is 5.91 Å². The maximum absolute atomic E-state index is 12.3. The van der Waals surface area contributed by atoms with Crippen LogP contribution in [0.15, 0.2) is 18.2 Å². The molecule has 5 heteroatoms. The summed E-state index contributed by atoms with van der Waals surface area (Å²) in [5.74, 6) is 0.765. The monoisotopic (exact) mass is 304 g/mol. The summed E-state index contributed by atoms with van der Waals surface area (Å²) >= 11 is 0. The number of ether oxygens (including phenoxy) is 1. The van der Waals surface area contributed by atoms with E-state index in [1.807, 2.05) is 32.0 Å². The van der Waals surface area contributed by atoms with E-state index in [1.165, 1.54) is 5.56 Å². The number of rotatable bonds is 3. The molecular formula is C17H24N2O3. The van der Waals surface area contributed by atoms with Gasteiger partial charge in [0.1, 0.15) is 5.75 Å². The van der Waals surface area contributed by atoms with Crippen LogP contribution in [-0.4, -0.2) is 54.4 Å².